The van der Waals surface area contributed by atoms with Crippen LogP contribution in [-0.2, 0) is 19.4 Å². The van der Waals surface area contributed by atoms with Gasteiger partial charge >= 0.3 is 0 Å². The highest BCUT2D eigenvalue weighted by Gasteiger charge is 2.11. The lowest BCUT2D eigenvalue weighted by Gasteiger charge is -2.08. The summed E-state index contributed by atoms with van der Waals surface area (Å²) in [6, 6.07) is 8.05. The summed E-state index contributed by atoms with van der Waals surface area (Å²) < 4.78 is 2.03. The molecule has 162 valence electrons. The smallest absolute Gasteiger partial charge is 0.205 e. The van der Waals surface area contributed by atoms with Crippen LogP contribution in [0.4, 0.5) is 0 Å². The molecule has 0 fully saturated rings. The molecule has 31 heavy (non-hydrogen) atoms. The molecular formula is C24H31N7. The van der Waals surface area contributed by atoms with Crippen molar-refractivity contribution in [1.82, 2.24) is 35.4 Å². The summed E-state index contributed by atoms with van der Waals surface area (Å²) in [5, 5.41) is 19.2. The fourth-order valence-corrected chi connectivity index (χ4v) is 3.38. The average molecular weight is 418 g/mol. The molecule has 0 unspecified atom stereocenters. The number of H-pyrrole nitrogens is 1. The quantitative estimate of drug-likeness (QED) is 0.445. The Hall–Kier alpha value is -3.35. The first-order valence-corrected chi connectivity index (χ1v) is 10.9. The van der Waals surface area contributed by atoms with Gasteiger partial charge in [0.05, 0.1) is 6.54 Å². The van der Waals surface area contributed by atoms with Crippen LogP contribution in [0, 0.1) is 0 Å². The first-order valence-electron chi connectivity index (χ1n) is 10.9. The van der Waals surface area contributed by atoms with Crippen LogP contribution in [0.15, 0.2) is 54.6 Å². The summed E-state index contributed by atoms with van der Waals surface area (Å²) in [4.78, 5) is 4.76. The van der Waals surface area contributed by atoms with E-state index in [0.717, 1.165) is 66.0 Å². The Morgan fingerprint density at radius 1 is 1.13 bits per heavy atom. The van der Waals surface area contributed by atoms with Gasteiger partial charge in [0.25, 0.3) is 0 Å². The van der Waals surface area contributed by atoms with Gasteiger partial charge in [-0.3, -0.25) is 0 Å². The van der Waals surface area contributed by atoms with Gasteiger partial charge in [0.1, 0.15) is 5.82 Å². The minimum atomic E-state index is 0.586. The predicted molar refractivity (Wildman–Crippen MR) is 124 cm³/mol. The molecule has 3 aromatic rings. The first-order chi connectivity index (χ1) is 15.2. The highest BCUT2D eigenvalue weighted by molar-refractivity contribution is 5.78. The van der Waals surface area contributed by atoms with Gasteiger partial charge in [0.15, 0.2) is 5.82 Å². The van der Waals surface area contributed by atoms with Crippen molar-refractivity contribution in [2.45, 2.75) is 59.4 Å². The minimum absolute atomic E-state index is 0.586. The number of benzene rings is 1. The first kappa shape index (κ1) is 22.3. The molecule has 7 nitrogen and oxygen atoms in total. The molecule has 0 saturated carbocycles. The number of unbranched alkanes of at least 4 members (excludes halogenated alkanes) is 1. The molecule has 7 heteroatoms. The maximum atomic E-state index is 4.76. The molecule has 1 aromatic carbocycles. The average Bonchev–Trinajstić information content (AvgIpc) is 3.45. The summed E-state index contributed by atoms with van der Waals surface area (Å²) in [5.41, 5.74) is 4.20. The third-order valence-electron chi connectivity index (χ3n) is 5.10. The largest absolute Gasteiger partial charge is 0.245 e. The van der Waals surface area contributed by atoms with Crippen molar-refractivity contribution in [2.75, 3.05) is 0 Å². The minimum Gasteiger partial charge on any atom is -0.245 e. The van der Waals surface area contributed by atoms with Gasteiger partial charge in [0, 0.05) is 18.4 Å². The second-order valence-corrected chi connectivity index (χ2v) is 7.53. The van der Waals surface area contributed by atoms with Gasteiger partial charge in [-0.2, -0.15) is 10.3 Å². The van der Waals surface area contributed by atoms with E-state index in [4.69, 9.17) is 10.1 Å². The van der Waals surface area contributed by atoms with E-state index in [2.05, 4.69) is 66.2 Å². The van der Waals surface area contributed by atoms with Gasteiger partial charge in [-0.15, -0.1) is 10.2 Å². The Morgan fingerprint density at radius 3 is 2.68 bits per heavy atom. The number of tetrazole rings is 1. The van der Waals surface area contributed by atoms with Crippen molar-refractivity contribution in [2.24, 2.45) is 0 Å². The second-order valence-electron chi connectivity index (χ2n) is 7.53. The van der Waals surface area contributed by atoms with Gasteiger partial charge in [0.2, 0.25) is 5.82 Å². The van der Waals surface area contributed by atoms with Crippen molar-refractivity contribution in [1.29, 1.82) is 0 Å². The maximum absolute atomic E-state index is 4.76. The molecule has 0 saturated heterocycles. The van der Waals surface area contributed by atoms with Crippen LogP contribution < -0.4 is 0 Å². The zero-order valence-corrected chi connectivity index (χ0v) is 18.7. The molecule has 0 radical (unpaired) electrons. The van der Waals surface area contributed by atoms with E-state index < -0.39 is 0 Å². The number of hydrogen-bond donors (Lipinski definition) is 1. The van der Waals surface area contributed by atoms with Gasteiger partial charge < -0.3 is 0 Å². The lowest BCUT2D eigenvalue weighted by Crippen LogP contribution is -2.07. The van der Waals surface area contributed by atoms with E-state index in [9.17, 15) is 0 Å². The summed E-state index contributed by atoms with van der Waals surface area (Å²) in [6.07, 6.45) is 11.2. The number of aromatic nitrogens is 7. The van der Waals surface area contributed by atoms with Gasteiger partial charge in [-0.1, -0.05) is 69.3 Å². The number of hydrogen-bond acceptors (Lipinski definition) is 5. The summed E-state index contributed by atoms with van der Waals surface area (Å²) in [5.74, 6) is 2.57. The Bertz CT molecular complexity index is 1040. The molecule has 0 aliphatic carbocycles. The molecule has 2 heterocycles. The molecule has 0 aliphatic rings. The van der Waals surface area contributed by atoms with Crippen LogP contribution in [0.25, 0.3) is 17.0 Å². The second kappa shape index (κ2) is 11.2. The van der Waals surface area contributed by atoms with E-state index >= 15 is 0 Å². The van der Waals surface area contributed by atoms with E-state index in [1.807, 2.05) is 29.0 Å². The fourth-order valence-electron chi connectivity index (χ4n) is 3.38. The summed E-state index contributed by atoms with van der Waals surface area (Å²) >= 11 is 0. The lowest BCUT2D eigenvalue weighted by atomic mass is 9.99. The van der Waals surface area contributed by atoms with Crippen molar-refractivity contribution in [3.8, 4) is 11.4 Å². The molecule has 0 spiro atoms. The molecule has 3 rings (SSSR count). The normalized spacial score (nSPS) is 12.4. The standard InChI is InChI=1S/C24H31N7/c1-5-8-14-22-25-23(11-6-2)31(28-22)17-19(7-3)16-15-18(4)20-12-9-10-13-21(20)24-26-29-30-27-24/h7,9-10,12-13,15-16H,3,5-6,8,11,14,17H2,1-2,4H3,(H,26,27,29,30)/b18-15+,19-16+. The van der Waals surface area contributed by atoms with Crippen molar-refractivity contribution in [3.05, 3.63) is 71.9 Å². The fraction of sp³-hybridized carbons (Fsp3) is 0.375. The van der Waals surface area contributed by atoms with Crippen LogP contribution in [0.5, 0.6) is 0 Å². The number of rotatable bonds is 11. The zero-order valence-electron chi connectivity index (χ0n) is 18.7. The molecular weight excluding hydrogens is 386 g/mol. The van der Waals surface area contributed by atoms with E-state index in [-0.39, 0.29) is 0 Å². The molecule has 0 amide bonds. The SMILES string of the molecule is C=C/C(=C\C=C(/C)c1ccccc1-c1nn[nH]n1)Cn1nc(CCCC)nc1CCC. The molecule has 0 atom stereocenters. The highest BCUT2D eigenvalue weighted by Crippen LogP contribution is 2.26. The van der Waals surface area contributed by atoms with E-state index in [0.29, 0.717) is 12.4 Å². The van der Waals surface area contributed by atoms with Crippen LogP contribution in [-0.4, -0.2) is 35.4 Å². The molecule has 0 aliphatic heterocycles. The monoisotopic (exact) mass is 417 g/mol. The Balaban J connectivity index is 1.84. The Morgan fingerprint density at radius 2 is 1.97 bits per heavy atom. The zero-order chi connectivity index (χ0) is 22.1. The topological polar surface area (TPSA) is 85.2 Å². The Labute approximate surface area is 184 Å². The van der Waals surface area contributed by atoms with Crippen LogP contribution >= 0.6 is 0 Å². The van der Waals surface area contributed by atoms with Crippen molar-refractivity contribution >= 4 is 5.57 Å². The maximum Gasteiger partial charge on any atom is 0.205 e. The van der Waals surface area contributed by atoms with Crippen LogP contribution in [0.1, 0.15) is 57.2 Å². The summed E-state index contributed by atoms with van der Waals surface area (Å²) in [7, 11) is 0. The van der Waals surface area contributed by atoms with Crippen molar-refractivity contribution in [3.63, 3.8) is 0 Å². The van der Waals surface area contributed by atoms with Gasteiger partial charge in [-0.05, 0) is 41.7 Å². The summed E-state index contributed by atoms with van der Waals surface area (Å²) in [6.45, 7) is 11.1. The number of aryl methyl sites for hydroxylation is 2. The van der Waals surface area contributed by atoms with E-state index in [1.54, 1.807) is 0 Å². The lowest BCUT2D eigenvalue weighted by molar-refractivity contribution is 0.621. The Kier molecular flexibility index (Phi) is 8.04. The van der Waals surface area contributed by atoms with Crippen LogP contribution in [0.2, 0.25) is 0 Å². The highest BCUT2D eigenvalue weighted by atomic mass is 15.5. The number of aromatic amines is 1. The number of nitrogens with zero attached hydrogens (tertiary/aromatic N) is 6. The third-order valence-corrected chi connectivity index (χ3v) is 5.10. The van der Waals surface area contributed by atoms with Crippen molar-refractivity contribution < 1.29 is 0 Å². The number of nitrogens with one attached hydrogen (secondary N) is 1. The van der Waals surface area contributed by atoms with Gasteiger partial charge in [-0.25, -0.2) is 9.67 Å². The van der Waals surface area contributed by atoms with E-state index in [1.165, 1.54) is 0 Å². The predicted octanol–water partition coefficient (Wildman–Crippen LogP) is 4.97. The molecule has 1 N–H and O–H groups in total. The third kappa shape index (κ3) is 5.84. The number of allylic oxidation sites excluding steroid dienone is 5. The molecule has 0 bridgehead atoms. The van der Waals surface area contributed by atoms with Crippen LogP contribution in [0.3, 0.4) is 0 Å². The molecule has 2 aromatic heterocycles.